The van der Waals surface area contributed by atoms with E-state index in [1.807, 2.05) is 36.4 Å². The van der Waals surface area contributed by atoms with Gasteiger partial charge in [-0.2, -0.15) is 0 Å². The highest BCUT2D eigenvalue weighted by Crippen LogP contribution is 2.46. The summed E-state index contributed by atoms with van der Waals surface area (Å²) in [6.45, 7) is 3.54. The van der Waals surface area contributed by atoms with Crippen LogP contribution in [0.2, 0.25) is 0 Å². The Kier molecular flexibility index (Phi) is 6.37. The van der Waals surface area contributed by atoms with Crippen molar-refractivity contribution in [3.8, 4) is 11.8 Å². The second-order valence-electron chi connectivity index (χ2n) is 5.20. The van der Waals surface area contributed by atoms with Gasteiger partial charge in [0.05, 0.1) is 6.61 Å². The SMILES string of the molecule is CCOP(C)(=O)C(C#Cc1ccccc1)NC(=O)c1ccccc1. The van der Waals surface area contributed by atoms with Gasteiger partial charge < -0.3 is 9.84 Å². The quantitative estimate of drug-likeness (QED) is 0.666. The zero-order valence-electron chi connectivity index (χ0n) is 13.7. The van der Waals surface area contributed by atoms with Gasteiger partial charge >= 0.3 is 0 Å². The summed E-state index contributed by atoms with van der Waals surface area (Å²) in [6, 6.07) is 18.1. The standard InChI is InChI=1S/C19H20NO3P/c1-3-23-24(2,22)18(15-14-16-10-6-4-7-11-16)20-19(21)17-12-8-5-9-13-17/h4-13,18H,3H2,1-2H3,(H,20,21). The maximum atomic E-state index is 12.8. The molecule has 0 saturated carbocycles. The van der Waals surface area contributed by atoms with Crippen molar-refractivity contribution in [2.45, 2.75) is 12.7 Å². The van der Waals surface area contributed by atoms with Crippen LogP contribution in [0.1, 0.15) is 22.8 Å². The van der Waals surface area contributed by atoms with E-state index in [1.54, 1.807) is 31.2 Å². The van der Waals surface area contributed by atoms with Gasteiger partial charge in [0.25, 0.3) is 5.91 Å². The summed E-state index contributed by atoms with van der Waals surface area (Å²) in [6.07, 6.45) is 0. The van der Waals surface area contributed by atoms with Crippen LogP contribution >= 0.6 is 7.37 Å². The second-order valence-corrected chi connectivity index (χ2v) is 7.80. The average molecular weight is 341 g/mol. The molecule has 24 heavy (non-hydrogen) atoms. The van der Waals surface area contributed by atoms with Gasteiger partial charge in [-0.25, -0.2) is 0 Å². The lowest BCUT2D eigenvalue weighted by molar-refractivity contribution is 0.0951. The molecule has 0 aliphatic heterocycles. The van der Waals surface area contributed by atoms with Crippen LogP contribution in [0.15, 0.2) is 60.7 Å². The molecule has 5 heteroatoms. The number of nitrogens with one attached hydrogen (secondary N) is 1. The zero-order valence-corrected chi connectivity index (χ0v) is 14.6. The van der Waals surface area contributed by atoms with Crippen LogP contribution in [0.25, 0.3) is 0 Å². The highest BCUT2D eigenvalue weighted by molar-refractivity contribution is 7.59. The van der Waals surface area contributed by atoms with E-state index in [2.05, 4.69) is 17.2 Å². The number of rotatable bonds is 5. The van der Waals surface area contributed by atoms with Crippen LogP contribution in [0.4, 0.5) is 0 Å². The van der Waals surface area contributed by atoms with E-state index in [1.165, 1.54) is 6.66 Å². The molecular weight excluding hydrogens is 321 g/mol. The third-order valence-corrected chi connectivity index (χ3v) is 5.25. The Hall–Kier alpha value is -2.34. The van der Waals surface area contributed by atoms with Crippen molar-refractivity contribution < 1.29 is 13.9 Å². The lowest BCUT2D eigenvalue weighted by atomic mass is 10.2. The van der Waals surface area contributed by atoms with Crippen molar-refractivity contribution in [3.05, 3.63) is 71.8 Å². The van der Waals surface area contributed by atoms with E-state index < -0.39 is 13.2 Å². The first kappa shape index (κ1) is 18.0. The number of benzene rings is 2. The first-order valence-corrected chi connectivity index (χ1v) is 9.81. The van der Waals surface area contributed by atoms with E-state index in [4.69, 9.17) is 4.52 Å². The molecule has 2 aromatic carbocycles. The van der Waals surface area contributed by atoms with Gasteiger partial charge in [0, 0.05) is 17.8 Å². The molecule has 0 saturated heterocycles. The number of hydrogen-bond acceptors (Lipinski definition) is 3. The molecule has 0 aliphatic rings. The smallest absolute Gasteiger partial charge is 0.252 e. The summed E-state index contributed by atoms with van der Waals surface area (Å²) >= 11 is 0. The van der Waals surface area contributed by atoms with Gasteiger partial charge in [-0.05, 0) is 31.2 Å². The minimum atomic E-state index is -3.12. The van der Waals surface area contributed by atoms with Gasteiger partial charge in [-0.1, -0.05) is 48.2 Å². The van der Waals surface area contributed by atoms with Crippen molar-refractivity contribution in [2.75, 3.05) is 13.3 Å². The highest BCUT2D eigenvalue weighted by atomic mass is 31.2. The highest BCUT2D eigenvalue weighted by Gasteiger charge is 2.29. The molecule has 0 heterocycles. The topological polar surface area (TPSA) is 55.4 Å². The van der Waals surface area contributed by atoms with E-state index in [0.717, 1.165) is 5.56 Å². The Morgan fingerprint density at radius 3 is 2.29 bits per heavy atom. The molecule has 124 valence electrons. The number of carbonyl (C=O) groups excluding carboxylic acids is 1. The molecule has 0 radical (unpaired) electrons. The van der Waals surface area contributed by atoms with Crippen LogP contribution in [-0.4, -0.2) is 25.0 Å². The van der Waals surface area contributed by atoms with E-state index in [9.17, 15) is 9.36 Å². The monoisotopic (exact) mass is 341 g/mol. The van der Waals surface area contributed by atoms with Gasteiger partial charge in [0.2, 0.25) is 7.37 Å². The molecule has 0 aromatic heterocycles. The van der Waals surface area contributed by atoms with Crippen molar-refractivity contribution >= 4 is 13.3 Å². The Morgan fingerprint density at radius 2 is 1.71 bits per heavy atom. The molecule has 0 aliphatic carbocycles. The van der Waals surface area contributed by atoms with Crippen molar-refractivity contribution in [1.82, 2.24) is 5.32 Å². The van der Waals surface area contributed by atoms with Crippen LogP contribution < -0.4 is 5.32 Å². The summed E-state index contributed by atoms with van der Waals surface area (Å²) in [7, 11) is -3.12. The lowest BCUT2D eigenvalue weighted by Crippen LogP contribution is -2.34. The fourth-order valence-electron chi connectivity index (χ4n) is 2.07. The molecule has 2 atom stereocenters. The van der Waals surface area contributed by atoms with Crippen LogP contribution in [0, 0.1) is 11.8 Å². The molecule has 4 nitrogen and oxygen atoms in total. The summed E-state index contributed by atoms with van der Waals surface area (Å²) in [5, 5.41) is 2.73. The van der Waals surface area contributed by atoms with E-state index in [0.29, 0.717) is 12.2 Å². The maximum absolute atomic E-state index is 12.8. The molecule has 1 amide bonds. The fraction of sp³-hybridized carbons (Fsp3) is 0.211. The van der Waals surface area contributed by atoms with E-state index >= 15 is 0 Å². The van der Waals surface area contributed by atoms with Crippen LogP contribution in [0.3, 0.4) is 0 Å². The number of hydrogen-bond donors (Lipinski definition) is 1. The minimum absolute atomic E-state index is 0.290. The van der Waals surface area contributed by atoms with Crippen molar-refractivity contribution in [3.63, 3.8) is 0 Å². The summed E-state index contributed by atoms with van der Waals surface area (Å²) in [4.78, 5) is 12.4. The molecular formula is C19H20NO3P. The summed E-state index contributed by atoms with van der Waals surface area (Å²) in [5.41, 5.74) is 1.27. The third kappa shape index (κ3) is 5.09. The fourth-order valence-corrected chi connectivity index (χ4v) is 3.38. The van der Waals surface area contributed by atoms with Gasteiger partial charge in [0.1, 0.15) is 0 Å². The van der Waals surface area contributed by atoms with Crippen molar-refractivity contribution in [2.24, 2.45) is 0 Å². The summed E-state index contributed by atoms with van der Waals surface area (Å²) in [5.74, 6) is 4.64. The minimum Gasteiger partial charge on any atom is -0.330 e. The van der Waals surface area contributed by atoms with Crippen LogP contribution in [0.5, 0.6) is 0 Å². The van der Waals surface area contributed by atoms with Gasteiger partial charge in [-0.3, -0.25) is 9.36 Å². The van der Waals surface area contributed by atoms with E-state index in [-0.39, 0.29) is 5.91 Å². The first-order chi connectivity index (χ1) is 11.5. The predicted molar refractivity (Wildman–Crippen MR) is 96.2 cm³/mol. The molecule has 2 rings (SSSR count). The number of carbonyl (C=O) groups is 1. The zero-order chi connectivity index (χ0) is 17.4. The molecule has 2 unspecified atom stereocenters. The maximum Gasteiger partial charge on any atom is 0.252 e. The average Bonchev–Trinajstić information content (AvgIpc) is 2.60. The third-order valence-electron chi connectivity index (χ3n) is 3.29. The van der Waals surface area contributed by atoms with Crippen LogP contribution in [-0.2, 0) is 9.09 Å². The Labute approximate surface area is 142 Å². The second kappa shape index (κ2) is 8.49. The Balaban J connectivity index is 2.25. The molecule has 2 aromatic rings. The van der Waals surface area contributed by atoms with Gasteiger partial charge in [0.15, 0.2) is 5.78 Å². The predicted octanol–water partition coefficient (Wildman–Crippen LogP) is 3.74. The first-order valence-electron chi connectivity index (χ1n) is 7.67. The van der Waals surface area contributed by atoms with Gasteiger partial charge in [-0.15, -0.1) is 0 Å². The Morgan fingerprint density at radius 1 is 1.12 bits per heavy atom. The normalized spacial score (nSPS) is 13.9. The molecule has 1 N–H and O–H groups in total. The Bertz CT molecular complexity index is 779. The molecule has 0 fully saturated rings. The lowest BCUT2D eigenvalue weighted by Gasteiger charge is -2.20. The number of amides is 1. The molecule has 0 spiro atoms. The largest absolute Gasteiger partial charge is 0.330 e. The summed E-state index contributed by atoms with van der Waals surface area (Å²) < 4.78 is 18.1. The molecule has 0 bridgehead atoms. The van der Waals surface area contributed by atoms with Crippen molar-refractivity contribution in [1.29, 1.82) is 0 Å².